The van der Waals surface area contributed by atoms with E-state index in [1.54, 1.807) is 6.33 Å². The Morgan fingerprint density at radius 3 is 2.87 bits per heavy atom. The number of carboxylic acid groups (broad SMARTS) is 1. The summed E-state index contributed by atoms with van der Waals surface area (Å²) in [6.07, 6.45) is 1.35. The zero-order chi connectivity index (χ0) is 22.1. The van der Waals surface area contributed by atoms with Gasteiger partial charge in [0, 0.05) is 31.7 Å². The number of carboxylic acids is 1. The second kappa shape index (κ2) is 8.07. The number of nitrogens with zero attached hydrogens (tertiary/aromatic N) is 3. The van der Waals surface area contributed by atoms with Gasteiger partial charge in [-0.05, 0) is 23.3 Å². The highest BCUT2D eigenvalue weighted by atomic mass is 16.4. The lowest BCUT2D eigenvalue weighted by molar-refractivity contribution is -0.139. The smallest absolute Gasteiger partial charge is 0.305 e. The molecule has 0 saturated carbocycles. The quantitative estimate of drug-likeness (QED) is 0.304. The number of hydrogen-bond donors (Lipinski definition) is 5. The van der Waals surface area contributed by atoms with Crippen LogP contribution in [-0.2, 0) is 23.2 Å². The van der Waals surface area contributed by atoms with Crippen LogP contribution in [0.2, 0.25) is 0 Å². The molecule has 31 heavy (non-hydrogen) atoms. The van der Waals surface area contributed by atoms with Crippen molar-refractivity contribution in [2.75, 3.05) is 12.4 Å². The molecular formula is C21H23N7O3. The van der Waals surface area contributed by atoms with E-state index in [-0.39, 0.29) is 6.54 Å². The van der Waals surface area contributed by atoms with Crippen molar-refractivity contribution in [2.24, 2.45) is 12.8 Å². The van der Waals surface area contributed by atoms with Crippen LogP contribution in [-0.4, -0.2) is 49.6 Å². The standard InChI is InChI=1S/C21H23N7O3/c1-23-20-17-18(28(2)10-25-17)13-7-15(26-19(13)27-20)12-5-3-4-11(6-12)9-24-21(31)14(22)8-16(29)30/h3-7,10,14H,8-9,22H2,1-2H3,(H,24,31)(H,29,30)(H2,23,26,27)/t14-/m0/s1. The predicted octanol–water partition coefficient (Wildman–Crippen LogP) is 1.58. The Morgan fingerprint density at radius 2 is 2.13 bits per heavy atom. The maximum atomic E-state index is 12.0. The van der Waals surface area contributed by atoms with E-state index in [1.165, 1.54) is 0 Å². The van der Waals surface area contributed by atoms with Crippen LogP contribution in [0.4, 0.5) is 5.82 Å². The number of amides is 1. The molecule has 6 N–H and O–H groups in total. The van der Waals surface area contributed by atoms with Crippen LogP contribution < -0.4 is 16.4 Å². The van der Waals surface area contributed by atoms with Gasteiger partial charge in [0.05, 0.1) is 24.3 Å². The number of hydrogen-bond acceptors (Lipinski definition) is 6. The highest BCUT2D eigenvalue weighted by Gasteiger charge is 2.17. The van der Waals surface area contributed by atoms with Crippen molar-refractivity contribution in [2.45, 2.75) is 19.0 Å². The number of aromatic nitrogens is 4. The van der Waals surface area contributed by atoms with E-state index in [9.17, 15) is 9.59 Å². The number of rotatable bonds is 7. The van der Waals surface area contributed by atoms with Crippen LogP contribution in [0.1, 0.15) is 12.0 Å². The number of imidazole rings is 1. The van der Waals surface area contributed by atoms with Crippen molar-refractivity contribution >= 4 is 39.8 Å². The fraction of sp³-hybridized carbons (Fsp3) is 0.238. The molecule has 0 fully saturated rings. The number of aromatic amines is 1. The number of aryl methyl sites for hydroxylation is 1. The number of carbonyl (C=O) groups is 2. The van der Waals surface area contributed by atoms with Crippen molar-refractivity contribution in [3.63, 3.8) is 0 Å². The molecule has 0 aliphatic heterocycles. The van der Waals surface area contributed by atoms with Crippen LogP contribution in [0.25, 0.3) is 33.3 Å². The lowest BCUT2D eigenvalue weighted by Crippen LogP contribution is -2.41. The summed E-state index contributed by atoms with van der Waals surface area (Å²) in [5.41, 5.74) is 10.8. The molecule has 0 radical (unpaired) electrons. The third kappa shape index (κ3) is 3.92. The van der Waals surface area contributed by atoms with E-state index < -0.39 is 24.3 Å². The Hall–Kier alpha value is -3.92. The van der Waals surface area contributed by atoms with Crippen LogP contribution in [0.15, 0.2) is 36.7 Å². The lowest BCUT2D eigenvalue weighted by atomic mass is 10.1. The molecule has 0 unspecified atom stereocenters. The molecule has 1 aromatic carbocycles. The summed E-state index contributed by atoms with van der Waals surface area (Å²) in [4.78, 5) is 35.2. The number of carbonyl (C=O) groups excluding carboxylic acids is 1. The van der Waals surface area contributed by atoms with Gasteiger partial charge in [-0.25, -0.2) is 9.97 Å². The summed E-state index contributed by atoms with van der Waals surface area (Å²) in [5, 5.41) is 15.5. The van der Waals surface area contributed by atoms with Crippen LogP contribution >= 0.6 is 0 Å². The van der Waals surface area contributed by atoms with Gasteiger partial charge in [0.15, 0.2) is 5.82 Å². The first kappa shape index (κ1) is 20.4. The first-order valence-electron chi connectivity index (χ1n) is 9.73. The normalized spacial score (nSPS) is 12.2. The van der Waals surface area contributed by atoms with Gasteiger partial charge >= 0.3 is 5.97 Å². The van der Waals surface area contributed by atoms with Gasteiger partial charge in [0.1, 0.15) is 11.2 Å². The van der Waals surface area contributed by atoms with Gasteiger partial charge in [0.2, 0.25) is 5.91 Å². The van der Waals surface area contributed by atoms with E-state index in [1.807, 2.05) is 49.0 Å². The molecule has 10 nitrogen and oxygen atoms in total. The van der Waals surface area contributed by atoms with Gasteiger partial charge in [-0.1, -0.05) is 18.2 Å². The summed E-state index contributed by atoms with van der Waals surface area (Å²) in [6, 6.07) is 8.64. The monoisotopic (exact) mass is 421 g/mol. The molecule has 4 rings (SSSR count). The van der Waals surface area contributed by atoms with E-state index in [0.717, 1.165) is 38.9 Å². The summed E-state index contributed by atoms with van der Waals surface area (Å²) in [7, 11) is 3.76. The average Bonchev–Trinajstić information content (AvgIpc) is 3.34. The minimum atomic E-state index is -1.11. The third-order valence-electron chi connectivity index (χ3n) is 5.11. The highest BCUT2D eigenvalue weighted by molar-refractivity contribution is 6.07. The van der Waals surface area contributed by atoms with Gasteiger partial charge < -0.3 is 31.0 Å². The zero-order valence-corrected chi connectivity index (χ0v) is 17.1. The van der Waals surface area contributed by atoms with Gasteiger partial charge in [0.25, 0.3) is 0 Å². The molecule has 0 bridgehead atoms. The SMILES string of the molecule is CNc1nc2[nH]c(-c3cccc(CNC(=O)[C@@H](N)CC(=O)O)c3)cc2c2c1ncn2C. The second-order valence-corrected chi connectivity index (χ2v) is 7.33. The van der Waals surface area contributed by atoms with Crippen molar-refractivity contribution in [3.8, 4) is 11.3 Å². The molecule has 0 aliphatic carbocycles. The molecule has 160 valence electrons. The van der Waals surface area contributed by atoms with Crippen LogP contribution in [0, 0.1) is 0 Å². The molecule has 1 amide bonds. The van der Waals surface area contributed by atoms with E-state index in [4.69, 9.17) is 10.8 Å². The largest absolute Gasteiger partial charge is 0.481 e. The summed E-state index contributed by atoms with van der Waals surface area (Å²) in [6.45, 7) is 0.244. The lowest BCUT2D eigenvalue weighted by Gasteiger charge is -2.10. The molecule has 10 heteroatoms. The Morgan fingerprint density at radius 1 is 1.32 bits per heavy atom. The topological polar surface area (TPSA) is 151 Å². The van der Waals surface area contributed by atoms with E-state index in [0.29, 0.717) is 5.82 Å². The van der Waals surface area contributed by atoms with Gasteiger partial charge in [-0.2, -0.15) is 0 Å². The number of fused-ring (bicyclic) bond motifs is 3. The molecule has 3 heterocycles. The minimum absolute atomic E-state index is 0.244. The molecule has 3 aromatic heterocycles. The van der Waals surface area contributed by atoms with Crippen molar-refractivity contribution in [1.82, 2.24) is 24.8 Å². The first-order valence-corrected chi connectivity index (χ1v) is 9.73. The van der Waals surface area contributed by atoms with Crippen molar-refractivity contribution in [1.29, 1.82) is 0 Å². The Labute approximate surface area is 177 Å². The van der Waals surface area contributed by atoms with Crippen LogP contribution in [0.3, 0.4) is 0 Å². The van der Waals surface area contributed by atoms with Crippen molar-refractivity contribution in [3.05, 3.63) is 42.2 Å². The molecule has 1 atom stereocenters. The second-order valence-electron chi connectivity index (χ2n) is 7.33. The number of aliphatic carboxylic acids is 1. The summed E-state index contributed by atoms with van der Waals surface area (Å²) in [5.74, 6) is -0.910. The number of benzene rings is 1. The van der Waals surface area contributed by atoms with Crippen LogP contribution in [0.5, 0.6) is 0 Å². The Kier molecular flexibility index (Phi) is 5.30. The van der Waals surface area contributed by atoms with E-state index >= 15 is 0 Å². The van der Waals surface area contributed by atoms with Gasteiger partial charge in [-0.15, -0.1) is 0 Å². The van der Waals surface area contributed by atoms with E-state index in [2.05, 4.69) is 25.6 Å². The number of nitrogens with two attached hydrogens (primary N) is 1. The molecular weight excluding hydrogens is 398 g/mol. The Balaban J connectivity index is 1.62. The molecule has 0 saturated heterocycles. The maximum absolute atomic E-state index is 12.0. The fourth-order valence-corrected chi connectivity index (χ4v) is 3.58. The Bertz CT molecular complexity index is 1290. The molecule has 0 aliphatic rings. The number of pyridine rings is 1. The fourth-order valence-electron chi connectivity index (χ4n) is 3.58. The van der Waals surface area contributed by atoms with Gasteiger partial charge in [-0.3, -0.25) is 9.59 Å². The zero-order valence-electron chi connectivity index (χ0n) is 17.1. The summed E-state index contributed by atoms with van der Waals surface area (Å²) >= 11 is 0. The highest BCUT2D eigenvalue weighted by Crippen LogP contribution is 2.31. The number of nitrogens with one attached hydrogen (secondary N) is 3. The third-order valence-corrected chi connectivity index (χ3v) is 5.11. The first-order chi connectivity index (χ1) is 14.9. The predicted molar refractivity (Wildman–Crippen MR) is 117 cm³/mol. The van der Waals surface area contributed by atoms with Crippen molar-refractivity contribution < 1.29 is 14.7 Å². The molecule has 4 aromatic rings. The molecule has 0 spiro atoms. The maximum Gasteiger partial charge on any atom is 0.305 e. The summed E-state index contributed by atoms with van der Waals surface area (Å²) < 4.78 is 1.96. The minimum Gasteiger partial charge on any atom is -0.481 e. The number of H-pyrrole nitrogens is 1. The number of anilines is 1. The average molecular weight is 421 g/mol.